The van der Waals surface area contributed by atoms with Crippen LogP contribution in [0.4, 0.5) is 5.13 Å². The summed E-state index contributed by atoms with van der Waals surface area (Å²) in [5, 5.41) is 12.1. The highest BCUT2D eigenvalue weighted by molar-refractivity contribution is 7.22. The predicted molar refractivity (Wildman–Crippen MR) is 173 cm³/mol. The molecular weight excluding hydrogens is 588 g/mol. The molecule has 3 aromatic carbocycles. The number of ether oxygens (including phenoxy) is 2. The van der Waals surface area contributed by atoms with Crippen molar-refractivity contribution in [2.75, 3.05) is 12.0 Å². The van der Waals surface area contributed by atoms with Gasteiger partial charge in [0.2, 0.25) is 0 Å². The summed E-state index contributed by atoms with van der Waals surface area (Å²) in [6, 6.07) is 25.3. The van der Waals surface area contributed by atoms with E-state index in [1.165, 1.54) is 16.2 Å². The number of carbonyl (C=O) groups excluding carboxylic acids is 2. The zero-order valence-electron chi connectivity index (χ0n) is 24.7. The fraction of sp³-hybridized carbons (Fsp3) is 0.143. The van der Waals surface area contributed by atoms with Crippen molar-refractivity contribution < 1.29 is 24.2 Å². The molecular formula is C35H28N4O5S. The molecule has 0 spiro atoms. The molecule has 45 heavy (non-hydrogen) atoms. The number of fused-ring (bicyclic) bond motifs is 2. The van der Waals surface area contributed by atoms with Gasteiger partial charge < -0.3 is 19.0 Å². The first-order valence-electron chi connectivity index (χ1n) is 14.3. The number of rotatable bonds is 7. The number of Topliss-reactive ketones (excluding diaryl/α,β-unsaturated/α-hetero) is 1. The molecule has 3 aromatic heterocycles. The van der Waals surface area contributed by atoms with Gasteiger partial charge in [-0.05, 0) is 66.9 Å². The van der Waals surface area contributed by atoms with E-state index in [2.05, 4.69) is 4.98 Å². The molecule has 4 heterocycles. The number of carbonyl (C=O) groups is 2. The number of amides is 1. The maximum atomic E-state index is 13.8. The van der Waals surface area contributed by atoms with Gasteiger partial charge in [0, 0.05) is 6.20 Å². The average Bonchev–Trinajstić information content (AvgIpc) is 3.72. The lowest BCUT2D eigenvalue weighted by Gasteiger charge is -2.23. The van der Waals surface area contributed by atoms with Gasteiger partial charge in [-0.25, -0.2) is 9.97 Å². The summed E-state index contributed by atoms with van der Waals surface area (Å²) in [6.45, 7) is 4.13. The van der Waals surface area contributed by atoms with Crippen molar-refractivity contribution in [1.82, 2.24) is 14.4 Å². The molecule has 9 nitrogen and oxygen atoms in total. The van der Waals surface area contributed by atoms with E-state index in [4.69, 9.17) is 14.5 Å². The first-order chi connectivity index (χ1) is 21.8. The smallest absolute Gasteiger partial charge is 0.301 e. The number of hydrogen-bond donors (Lipinski definition) is 1. The first-order valence-corrected chi connectivity index (χ1v) is 15.1. The molecule has 1 unspecified atom stereocenters. The van der Waals surface area contributed by atoms with Gasteiger partial charge in [0.05, 0.1) is 34.6 Å². The third-order valence-electron chi connectivity index (χ3n) is 7.99. The van der Waals surface area contributed by atoms with Crippen LogP contribution in [0.3, 0.4) is 0 Å². The summed E-state index contributed by atoms with van der Waals surface area (Å²) in [5.41, 5.74) is 4.69. The van der Waals surface area contributed by atoms with Gasteiger partial charge >= 0.3 is 5.91 Å². The fourth-order valence-corrected chi connectivity index (χ4v) is 6.65. The predicted octanol–water partition coefficient (Wildman–Crippen LogP) is 6.77. The zero-order valence-corrected chi connectivity index (χ0v) is 25.5. The van der Waals surface area contributed by atoms with Crippen LogP contribution in [-0.4, -0.2) is 38.3 Å². The van der Waals surface area contributed by atoms with Crippen LogP contribution in [0.25, 0.3) is 21.6 Å². The molecule has 1 amide bonds. The molecule has 1 N–H and O–H groups in total. The zero-order chi connectivity index (χ0) is 31.2. The number of ketones is 1. The normalized spacial score (nSPS) is 16.2. The highest BCUT2D eigenvalue weighted by Gasteiger charge is 2.48. The van der Waals surface area contributed by atoms with Crippen LogP contribution in [0.15, 0.2) is 96.7 Å². The van der Waals surface area contributed by atoms with Gasteiger partial charge in [-0.15, -0.1) is 0 Å². The summed E-state index contributed by atoms with van der Waals surface area (Å²) in [7, 11) is 1.58. The van der Waals surface area contributed by atoms with Crippen LogP contribution in [0.2, 0.25) is 0 Å². The minimum absolute atomic E-state index is 0.0565. The van der Waals surface area contributed by atoms with E-state index in [1.54, 1.807) is 43.5 Å². The van der Waals surface area contributed by atoms with Crippen molar-refractivity contribution in [2.45, 2.75) is 26.5 Å². The molecule has 1 aliphatic rings. The van der Waals surface area contributed by atoms with E-state index in [0.717, 1.165) is 15.8 Å². The van der Waals surface area contributed by atoms with Crippen LogP contribution in [0.1, 0.15) is 34.1 Å². The number of methoxy groups -OCH3 is 1. The van der Waals surface area contributed by atoms with Crippen molar-refractivity contribution in [2.24, 2.45) is 0 Å². The topological polar surface area (TPSA) is 106 Å². The Labute approximate surface area is 262 Å². The molecule has 0 bridgehead atoms. The van der Waals surface area contributed by atoms with Crippen molar-refractivity contribution in [3.63, 3.8) is 0 Å². The maximum absolute atomic E-state index is 13.8. The van der Waals surface area contributed by atoms with Gasteiger partial charge in [-0.3, -0.25) is 14.5 Å². The van der Waals surface area contributed by atoms with Crippen LogP contribution >= 0.6 is 11.3 Å². The second-order valence-electron chi connectivity index (χ2n) is 10.8. The Morgan fingerprint density at radius 2 is 1.69 bits per heavy atom. The number of hydrogen-bond acceptors (Lipinski definition) is 8. The SMILES string of the molecule is COc1ccc2nc(N3C(=O)C(=O)C(=C(O)c4nc5c(C)cccn5c4C)C3c3ccc(OCc4ccccc4)cc3)sc2c1. The number of aliphatic hydroxyl groups excluding tert-OH is 1. The van der Waals surface area contributed by atoms with Crippen LogP contribution in [0, 0.1) is 13.8 Å². The number of thiazole rings is 1. The largest absolute Gasteiger partial charge is 0.505 e. The summed E-state index contributed by atoms with van der Waals surface area (Å²) >= 11 is 1.27. The average molecular weight is 617 g/mol. The number of imidazole rings is 1. The van der Waals surface area contributed by atoms with Crippen molar-refractivity contribution in [1.29, 1.82) is 0 Å². The number of pyridine rings is 1. The first kappa shape index (κ1) is 28.3. The van der Waals surface area contributed by atoms with Crippen LogP contribution < -0.4 is 14.4 Å². The standard InChI is InChI=1S/C35H28N4O5S/c1-20-8-7-17-38-21(2)29(37-33(20)38)31(40)28-30(23-11-13-24(14-12-23)44-19-22-9-5-4-6-10-22)39(34(42)32(28)41)35-36-26-16-15-25(43-3)18-27(26)45-35/h4-18,30,40H,19H2,1-3H3. The Morgan fingerprint density at radius 1 is 0.933 bits per heavy atom. The van der Waals surface area contributed by atoms with Gasteiger partial charge in [0.1, 0.15) is 29.4 Å². The van der Waals surface area contributed by atoms with E-state index in [-0.39, 0.29) is 17.0 Å². The van der Waals surface area contributed by atoms with Crippen LogP contribution in [-0.2, 0) is 16.2 Å². The van der Waals surface area contributed by atoms with Gasteiger partial charge in [-0.2, -0.15) is 0 Å². The molecule has 1 aliphatic heterocycles. The maximum Gasteiger partial charge on any atom is 0.301 e. The fourth-order valence-electron chi connectivity index (χ4n) is 5.63. The molecule has 1 saturated heterocycles. The molecule has 1 fully saturated rings. The molecule has 10 heteroatoms. The van der Waals surface area contributed by atoms with Gasteiger partial charge in [0.15, 0.2) is 10.9 Å². The summed E-state index contributed by atoms with van der Waals surface area (Å²) < 4.78 is 14.0. The summed E-state index contributed by atoms with van der Waals surface area (Å²) in [6.07, 6.45) is 1.85. The van der Waals surface area contributed by atoms with Crippen molar-refractivity contribution >= 4 is 49.8 Å². The monoisotopic (exact) mass is 616 g/mol. The Kier molecular flexibility index (Phi) is 7.06. The number of aryl methyl sites for hydroxylation is 2. The van der Waals surface area contributed by atoms with Crippen molar-refractivity contribution in [3.8, 4) is 11.5 Å². The third-order valence-corrected chi connectivity index (χ3v) is 9.00. The number of anilines is 1. The lowest BCUT2D eigenvalue weighted by atomic mass is 9.96. The quantitative estimate of drug-likeness (QED) is 0.120. The minimum Gasteiger partial charge on any atom is -0.505 e. The Balaban J connectivity index is 1.35. The number of aliphatic hydroxyl groups is 1. The Morgan fingerprint density at radius 3 is 2.42 bits per heavy atom. The molecule has 7 rings (SSSR count). The number of aromatic nitrogens is 3. The van der Waals surface area contributed by atoms with Gasteiger partial charge in [-0.1, -0.05) is 59.9 Å². The number of benzene rings is 3. The van der Waals surface area contributed by atoms with E-state index in [0.29, 0.717) is 45.7 Å². The lowest BCUT2D eigenvalue weighted by Crippen LogP contribution is -2.29. The summed E-state index contributed by atoms with van der Waals surface area (Å²) in [4.78, 5) is 38.4. The molecule has 0 radical (unpaired) electrons. The molecule has 224 valence electrons. The third kappa shape index (κ3) is 4.89. The second-order valence-corrected chi connectivity index (χ2v) is 11.8. The Bertz CT molecular complexity index is 2130. The van der Waals surface area contributed by atoms with E-state index in [9.17, 15) is 14.7 Å². The molecule has 1 atom stereocenters. The second kappa shape index (κ2) is 11.2. The minimum atomic E-state index is -0.957. The van der Waals surface area contributed by atoms with Crippen molar-refractivity contribution in [3.05, 3.63) is 125 Å². The van der Waals surface area contributed by atoms with E-state index in [1.807, 2.05) is 73.0 Å². The summed E-state index contributed by atoms with van der Waals surface area (Å²) in [5.74, 6) is -0.659. The highest BCUT2D eigenvalue weighted by Crippen LogP contribution is 2.45. The number of nitrogens with zero attached hydrogens (tertiary/aromatic N) is 4. The molecule has 0 aliphatic carbocycles. The highest BCUT2D eigenvalue weighted by atomic mass is 32.1. The molecule has 0 saturated carbocycles. The van der Waals surface area contributed by atoms with Gasteiger partial charge in [0.25, 0.3) is 5.78 Å². The lowest BCUT2D eigenvalue weighted by molar-refractivity contribution is -0.132. The molecule has 6 aromatic rings. The van der Waals surface area contributed by atoms with E-state index < -0.39 is 17.7 Å². The van der Waals surface area contributed by atoms with Crippen LogP contribution in [0.5, 0.6) is 11.5 Å². The Hall–Kier alpha value is -5.48. The van der Waals surface area contributed by atoms with E-state index >= 15 is 0 Å².